The van der Waals surface area contributed by atoms with E-state index in [0.717, 1.165) is 18.3 Å². The van der Waals surface area contributed by atoms with Crippen LogP contribution in [-0.2, 0) is 6.42 Å². The SMILES string of the molecule is Cc1ccc2c(c1C)Cc1ccccc1-2.O=Cc1ccccc1.c1ccc(-c2ccc(-c3ccccc3)cc2)cc1. The molecule has 200 valence electrons. The molecule has 0 unspecified atom stereocenters. The van der Waals surface area contributed by atoms with Crippen LogP contribution in [-0.4, -0.2) is 6.29 Å². The van der Waals surface area contributed by atoms with E-state index in [1.807, 2.05) is 30.3 Å². The van der Waals surface area contributed by atoms with Crippen LogP contribution >= 0.6 is 0 Å². The largest absolute Gasteiger partial charge is 0.298 e. The van der Waals surface area contributed by atoms with E-state index in [2.05, 4.69) is 123 Å². The summed E-state index contributed by atoms with van der Waals surface area (Å²) in [5.41, 5.74) is 14.5. The summed E-state index contributed by atoms with van der Waals surface area (Å²) in [5, 5.41) is 0. The van der Waals surface area contributed by atoms with Gasteiger partial charge in [0.2, 0.25) is 0 Å². The lowest BCUT2D eigenvalue weighted by molar-refractivity contribution is 0.112. The molecule has 0 aromatic heterocycles. The highest BCUT2D eigenvalue weighted by Crippen LogP contribution is 2.38. The van der Waals surface area contributed by atoms with Crippen LogP contribution in [0.2, 0.25) is 0 Å². The van der Waals surface area contributed by atoms with Gasteiger partial charge < -0.3 is 0 Å². The van der Waals surface area contributed by atoms with E-state index in [1.165, 1.54) is 55.6 Å². The van der Waals surface area contributed by atoms with E-state index in [-0.39, 0.29) is 0 Å². The molecule has 0 aliphatic heterocycles. The first kappa shape index (κ1) is 27.6. The van der Waals surface area contributed by atoms with Crippen LogP contribution in [0.5, 0.6) is 0 Å². The predicted octanol–water partition coefficient (Wildman–Crippen LogP) is 10.4. The van der Waals surface area contributed by atoms with Crippen LogP contribution in [0.3, 0.4) is 0 Å². The molecule has 0 atom stereocenters. The number of carbonyl (C=O) groups excluding carboxylic acids is 1. The van der Waals surface area contributed by atoms with Crippen molar-refractivity contribution in [2.75, 3.05) is 0 Å². The molecular weight excluding hydrogens is 496 g/mol. The average molecular weight is 531 g/mol. The van der Waals surface area contributed by atoms with Crippen molar-refractivity contribution in [1.29, 1.82) is 0 Å². The Kier molecular flexibility index (Phi) is 8.98. The standard InChI is InChI=1S/C18H14.C15H14.C7H6O/c1-3-7-15(8-4-1)17-11-13-18(14-12-17)16-9-5-2-6-10-16;1-10-7-8-14-13-6-4-3-5-12(13)9-15(14)11(10)2;8-6-7-4-2-1-3-5-7/h1-14H;3-8H,9H2,1-2H3;1-6H. The van der Waals surface area contributed by atoms with Crippen molar-refractivity contribution in [3.63, 3.8) is 0 Å². The van der Waals surface area contributed by atoms with Gasteiger partial charge in [-0.15, -0.1) is 0 Å². The first-order chi connectivity index (χ1) is 20.1. The summed E-state index contributed by atoms with van der Waals surface area (Å²) in [5.74, 6) is 0. The Morgan fingerprint density at radius 1 is 0.463 bits per heavy atom. The smallest absolute Gasteiger partial charge is 0.150 e. The molecule has 1 nitrogen and oxygen atoms in total. The Bertz CT molecular complexity index is 1640. The summed E-state index contributed by atoms with van der Waals surface area (Å²) in [6.45, 7) is 4.43. The molecule has 0 radical (unpaired) electrons. The highest BCUT2D eigenvalue weighted by molar-refractivity contribution is 5.78. The Morgan fingerprint density at radius 3 is 1.44 bits per heavy atom. The number of hydrogen-bond acceptors (Lipinski definition) is 1. The van der Waals surface area contributed by atoms with E-state index in [0.29, 0.717) is 0 Å². The Labute approximate surface area is 243 Å². The molecule has 1 aliphatic carbocycles. The fraction of sp³-hybridized carbons (Fsp3) is 0.0750. The number of fused-ring (bicyclic) bond motifs is 3. The highest BCUT2D eigenvalue weighted by atomic mass is 16.1. The Hall–Kier alpha value is -5.01. The molecule has 0 saturated carbocycles. The monoisotopic (exact) mass is 530 g/mol. The third-order valence-corrected chi connectivity index (χ3v) is 7.58. The van der Waals surface area contributed by atoms with Crippen LogP contribution in [0.25, 0.3) is 33.4 Å². The van der Waals surface area contributed by atoms with Crippen molar-refractivity contribution >= 4 is 6.29 Å². The van der Waals surface area contributed by atoms with E-state index in [1.54, 1.807) is 12.1 Å². The molecule has 41 heavy (non-hydrogen) atoms. The quantitative estimate of drug-likeness (QED) is 0.208. The van der Waals surface area contributed by atoms with Gasteiger partial charge in [-0.3, -0.25) is 4.79 Å². The molecule has 0 fully saturated rings. The van der Waals surface area contributed by atoms with Crippen LogP contribution in [0.4, 0.5) is 0 Å². The van der Waals surface area contributed by atoms with Gasteiger partial charge in [0.25, 0.3) is 0 Å². The van der Waals surface area contributed by atoms with Gasteiger partial charge in [-0.1, -0.05) is 152 Å². The number of carbonyl (C=O) groups is 1. The second-order valence-corrected chi connectivity index (χ2v) is 10.2. The maximum absolute atomic E-state index is 10.0. The minimum atomic E-state index is 0.729. The van der Waals surface area contributed by atoms with E-state index in [4.69, 9.17) is 0 Å². The minimum absolute atomic E-state index is 0.729. The summed E-state index contributed by atoms with van der Waals surface area (Å²) in [6, 6.07) is 52.0. The maximum Gasteiger partial charge on any atom is 0.150 e. The second-order valence-electron chi connectivity index (χ2n) is 10.2. The van der Waals surface area contributed by atoms with E-state index >= 15 is 0 Å². The lowest BCUT2D eigenvalue weighted by Gasteiger charge is -2.06. The van der Waals surface area contributed by atoms with Crippen molar-refractivity contribution in [2.45, 2.75) is 20.3 Å². The molecule has 0 N–H and O–H groups in total. The molecule has 0 bridgehead atoms. The molecule has 7 rings (SSSR count). The normalized spacial score (nSPS) is 10.7. The van der Waals surface area contributed by atoms with Gasteiger partial charge in [0.15, 0.2) is 0 Å². The highest BCUT2D eigenvalue weighted by Gasteiger charge is 2.19. The van der Waals surface area contributed by atoms with Gasteiger partial charge in [0, 0.05) is 5.56 Å². The zero-order valence-corrected chi connectivity index (χ0v) is 23.6. The fourth-order valence-electron chi connectivity index (χ4n) is 5.13. The Balaban J connectivity index is 0.000000132. The third-order valence-electron chi connectivity index (χ3n) is 7.58. The van der Waals surface area contributed by atoms with Gasteiger partial charge in [-0.25, -0.2) is 0 Å². The van der Waals surface area contributed by atoms with Crippen LogP contribution < -0.4 is 0 Å². The summed E-state index contributed by atoms with van der Waals surface area (Å²) in [7, 11) is 0. The summed E-state index contributed by atoms with van der Waals surface area (Å²) in [4.78, 5) is 10.0. The lowest BCUT2D eigenvalue weighted by atomic mass is 9.98. The number of aryl methyl sites for hydroxylation is 1. The van der Waals surface area contributed by atoms with Crippen molar-refractivity contribution in [3.05, 3.63) is 179 Å². The zero-order chi connectivity index (χ0) is 28.4. The summed E-state index contributed by atoms with van der Waals surface area (Å²) in [6.07, 6.45) is 1.94. The lowest BCUT2D eigenvalue weighted by Crippen LogP contribution is -1.89. The van der Waals surface area contributed by atoms with Crippen LogP contribution in [0, 0.1) is 13.8 Å². The second kappa shape index (κ2) is 13.4. The fourth-order valence-corrected chi connectivity index (χ4v) is 5.13. The third kappa shape index (κ3) is 6.77. The molecule has 0 spiro atoms. The van der Waals surface area contributed by atoms with Gasteiger partial charge in [0.05, 0.1) is 0 Å². The molecule has 0 saturated heterocycles. The van der Waals surface area contributed by atoms with Gasteiger partial charge >= 0.3 is 0 Å². The molecule has 6 aromatic carbocycles. The average Bonchev–Trinajstić information content (AvgIpc) is 3.44. The predicted molar refractivity (Wildman–Crippen MR) is 173 cm³/mol. The molecular formula is C40H34O. The zero-order valence-electron chi connectivity index (χ0n) is 23.6. The van der Waals surface area contributed by atoms with Crippen molar-refractivity contribution < 1.29 is 4.79 Å². The molecule has 6 aromatic rings. The van der Waals surface area contributed by atoms with Gasteiger partial charge in [0.1, 0.15) is 6.29 Å². The first-order valence-electron chi connectivity index (χ1n) is 14.0. The molecule has 0 heterocycles. The maximum atomic E-state index is 10.0. The number of aldehydes is 1. The Morgan fingerprint density at radius 2 is 0.927 bits per heavy atom. The van der Waals surface area contributed by atoms with E-state index < -0.39 is 0 Å². The van der Waals surface area contributed by atoms with Crippen molar-refractivity contribution in [1.82, 2.24) is 0 Å². The van der Waals surface area contributed by atoms with Gasteiger partial charge in [-0.05, 0) is 75.9 Å². The molecule has 0 amide bonds. The summed E-state index contributed by atoms with van der Waals surface area (Å²) >= 11 is 0. The minimum Gasteiger partial charge on any atom is -0.298 e. The first-order valence-corrected chi connectivity index (χ1v) is 14.0. The van der Waals surface area contributed by atoms with E-state index in [9.17, 15) is 4.79 Å². The molecule has 1 aliphatic rings. The van der Waals surface area contributed by atoms with Crippen molar-refractivity contribution in [3.8, 4) is 33.4 Å². The molecule has 1 heteroatoms. The topological polar surface area (TPSA) is 17.1 Å². The summed E-state index contributed by atoms with van der Waals surface area (Å²) < 4.78 is 0. The number of rotatable bonds is 3. The van der Waals surface area contributed by atoms with Crippen LogP contribution in [0.15, 0.2) is 152 Å². The van der Waals surface area contributed by atoms with Crippen LogP contribution in [0.1, 0.15) is 32.6 Å². The van der Waals surface area contributed by atoms with Gasteiger partial charge in [-0.2, -0.15) is 0 Å². The van der Waals surface area contributed by atoms with Crippen molar-refractivity contribution in [2.24, 2.45) is 0 Å². The number of hydrogen-bond donors (Lipinski definition) is 0. The number of benzene rings is 6.